The molecule has 4 nitrogen and oxygen atoms in total. The van der Waals surface area contributed by atoms with Crippen molar-refractivity contribution >= 4 is 27.3 Å². The zero-order chi connectivity index (χ0) is 13.5. The lowest BCUT2D eigenvalue weighted by Crippen LogP contribution is -2.28. The van der Waals surface area contributed by atoms with Crippen molar-refractivity contribution in [3.05, 3.63) is 22.7 Å². The number of benzene rings is 1. The van der Waals surface area contributed by atoms with E-state index in [1.54, 1.807) is 6.92 Å². The molecule has 18 heavy (non-hydrogen) atoms. The normalized spacial score (nSPS) is 21.4. The molecule has 0 radical (unpaired) electrons. The molecule has 0 aromatic heterocycles. The maximum Gasteiger partial charge on any atom is 0.243 e. The number of hydrogen-bond acceptors (Lipinski definition) is 3. The summed E-state index contributed by atoms with van der Waals surface area (Å²) in [6.45, 7) is 4.95. The van der Waals surface area contributed by atoms with Crippen molar-refractivity contribution in [1.82, 2.24) is 4.31 Å². The topological polar surface area (TPSA) is 63.4 Å². The van der Waals surface area contributed by atoms with Gasteiger partial charge in [0.2, 0.25) is 10.0 Å². The van der Waals surface area contributed by atoms with Crippen LogP contribution in [0.5, 0.6) is 0 Å². The second-order valence-electron chi connectivity index (χ2n) is 4.88. The highest BCUT2D eigenvalue weighted by Crippen LogP contribution is 2.30. The molecule has 100 valence electrons. The molecule has 1 aromatic carbocycles. The van der Waals surface area contributed by atoms with Crippen LogP contribution in [-0.2, 0) is 10.0 Å². The van der Waals surface area contributed by atoms with Gasteiger partial charge in [0.15, 0.2) is 0 Å². The molecule has 1 saturated heterocycles. The van der Waals surface area contributed by atoms with Crippen molar-refractivity contribution in [2.45, 2.75) is 25.2 Å². The van der Waals surface area contributed by atoms with Gasteiger partial charge in [-0.05, 0) is 37.0 Å². The second kappa shape index (κ2) is 4.72. The number of nitrogen functional groups attached to an aromatic ring is 1. The van der Waals surface area contributed by atoms with Crippen molar-refractivity contribution in [1.29, 1.82) is 0 Å². The Morgan fingerprint density at radius 3 is 2.61 bits per heavy atom. The van der Waals surface area contributed by atoms with Crippen LogP contribution in [0.15, 0.2) is 17.0 Å². The summed E-state index contributed by atoms with van der Waals surface area (Å²) in [4.78, 5) is 0.185. The lowest BCUT2D eigenvalue weighted by atomic mass is 10.2. The van der Waals surface area contributed by atoms with E-state index < -0.39 is 10.0 Å². The molecule has 1 aliphatic rings. The van der Waals surface area contributed by atoms with E-state index in [2.05, 4.69) is 0 Å². The summed E-state index contributed by atoms with van der Waals surface area (Å²) >= 11 is 6.00. The van der Waals surface area contributed by atoms with Crippen molar-refractivity contribution in [3.63, 3.8) is 0 Å². The lowest BCUT2D eigenvalue weighted by molar-refractivity contribution is 0.464. The molecule has 1 fully saturated rings. The van der Waals surface area contributed by atoms with E-state index in [1.165, 1.54) is 16.4 Å². The van der Waals surface area contributed by atoms with E-state index in [9.17, 15) is 8.42 Å². The predicted octanol–water partition coefficient (Wildman–Crippen LogP) is 2.26. The Hall–Kier alpha value is -0.780. The molecule has 1 aromatic rings. The minimum absolute atomic E-state index is 0.185. The summed E-state index contributed by atoms with van der Waals surface area (Å²) in [5, 5.41) is 0.390. The number of nitrogens with two attached hydrogens (primary N) is 1. The first-order valence-electron chi connectivity index (χ1n) is 5.88. The highest BCUT2D eigenvalue weighted by Gasteiger charge is 2.31. The summed E-state index contributed by atoms with van der Waals surface area (Å²) in [5.41, 5.74) is 6.90. The van der Waals surface area contributed by atoms with Gasteiger partial charge < -0.3 is 5.73 Å². The van der Waals surface area contributed by atoms with Crippen LogP contribution in [0.4, 0.5) is 5.69 Å². The number of anilines is 1. The average Bonchev–Trinajstić information content (AvgIpc) is 2.72. The third kappa shape index (κ3) is 2.35. The minimum Gasteiger partial charge on any atom is -0.398 e. The van der Waals surface area contributed by atoms with Gasteiger partial charge in [0.1, 0.15) is 0 Å². The number of sulfonamides is 1. The maximum absolute atomic E-state index is 12.4. The Labute approximate surface area is 113 Å². The quantitative estimate of drug-likeness (QED) is 0.849. The van der Waals surface area contributed by atoms with Crippen LogP contribution in [0.2, 0.25) is 5.02 Å². The van der Waals surface area contributed by atoms with E-state index in [4.69, 9.17) is 17.3 Å². The molecule has 2 rings (SSSR count). The largest absolute Gasteiger partial charge is 0.398 e. The summed E-state index contributed by atoms with van der Waals surface area (Å²) in [6.07, 6.45) is 0.897. The fraction of sp³-hybridized carbons (Fsp3) is 0.500. The molecule has 2 N–H and O–H groups in total. The Kier molecular flexibility index (Phi) is 3.58. The molecule has 0 saturated carbocycles. The van der Waals surface area contributed by atoms with Crippen molar-refractivity contribution in [3.8, 4) is 0 Å². The van der Waals surface area contributed by atoms with Gasteiger partial charge in [0, 0.05) is 23.8 Å². The standard InChI is InChI=1S/C12H17ClN2O2S/c1-8-3-4-15(7-8)18(16,17)10-5-11(13)9(2)12(14)6-10/h5-6,8H,3-4,7,14H2,1-2H3. The Morgan fingerprint density at radius 2 is 2.11 bits per heavy atom. The average molecular weight is 289 g/mol. The van der Waals surface area contributed by atoms with Gasteiger partial charge >= 0.3 is 0 Å². The smallest absolute Gasteiger partial charge is 0.243 e. The monoisotopic (exact) mass is 288 g/mol. The first-order chi connectivity index (χ1) is 8.32. The molecule has 0 amide bonds. The third-order valence-electron chi connectivity index (χ3n) is 3.38. The Balaban J connectivity index is 2.42. The maximum atomic E-state index is 12.4. The Morgan fingerprint density at radius 1 is 1.44 bits per heavy atom. The van der Waals surface area contributed by atoms with Crippen LogP contribution in [0, 0.1) is 12.8 Å². The SMILES string of the molecule is Cc1c(N)cc(S(=O)(=O)N2CCC(C)C2)cc1Cl. The van der Waals surface area contributed by atoms with Crippen LogP contribution in [0.1, 0.15) is 18.9 Å². The van der Waals surface area contributed by atoms with Crippen LogP contribution < -0.4 is 5.73 Å². The van der Waals surface area contributed by atoms with Crippen LogP contribution in [0.3, 0.4) is 0 Å². The van der Waals surface area contributed by atoms with Crippen LogP contribution in [-0.4, -0.2) is 25.8 Å². The van der Waals surface area contributed by atoms with Gasteiger partial charge in [-0.1, -0.05) is 18.5 Å². The number of nitrogens with zero attached hydrogens (tertiary/aromatic N) is 1. The molecule has 1 unspecified atom stereocenters. The molecule has 1 aliphatic heterocycles. The molecule has 1 atom stereocenters. The molecule has 0 bridgehead atoms. The molecule has 0 spiro atoms. The number of halogens is 1. The highest BCUT2D eigenvalue weighted by molar-refractivity contribution is 7.89. The van der Waals surface area contributed by atoms with E-state index in [1.807, 2.05) is 6.92 Å². The zero-order valence-corrected chi connectivity index (χ0v) is 12.1. The second-order valence-corrected chi connectivity index (χ2v) is 7.22. The van der Waals surface area contributed by atoms with Gasteiger partial charge in [0.25, 0.3) is 0 Å². The number of rotatable bonds is 2. The molecular weight excluding hydrogens is 272 g/mol. The fourth-order valence-corrected chi connectivity index (χ4v) is 4.01. The first kappa shape index (κ1) is 13.6. The predicted molar refractivity (Wildman–Crippen MR) is 73.1 cm³/mol. The van der Waals surface area contributed by atoms with E-state index in [-0.39, 0.29) is 4.90 Å². The summed E-state index contributed by atoms with van der Waals surface area (Å²) in [5.74, 6) is 0.401. The van der Waals surface area contributed by atoms with Crippen molar-refractivity contribution < 1.29 is 8.42 Å². The fourth-order valence-electron chi connectivity index (χ4n) is 2.09. The van der Waals surface area contributed by atoms with E-state index in [0.29, 0.717) is 35.3 Å². The zero-order valence-electron chi connectivity index (χ0n) is 10.5. The summed E-state index contributed by atoms with van der Waals surface area (Å²) in [6, 6.07) is 2.96. The van der Waals surface area contributed by atoms with E-state index >= 15 is 0 Å². The minimum atomic E-state index is -3.46. The Bertz CT molecular complexity index is 548. The highest BCUT2D eigenvalue weighted by atomic mass is 35.5. The molecule has 1 heterocycles. The summed E-state index contributed by atoms with van der Waals surface area (Å²) in [7, 11) is -3.46. The van der Waals surface area contributed by atoms with Gasteiger partial charge in [-0.3, -0.25) is 0 Å². The summed E-state index contributed by atoms with van der Waals surface area (Å²) < 4.78 is 26.3. The van der Waals surface area contributed by atoms with Crippen LogP contribution >= 0.6 is 11.6 Å². The van der Waals surface area contributed by atoms with Gasteiger partial charge in [-0.25, -0.2) is 8.42 Å². The first-order valence-corrected chi connectivity index (χ1v) is 7.70. The van der Waals surface area contributed by atoms with Crippen molar-refractivity contribution in [2.24, 2.45) is 5.92 Å². The van der Waals surface area contributed by atoms with Crippen molar-refractivity contribution in [2.75, 3.05) is 18.8 Å². The lowest BCUT2D eigenvalue weighted by Gasteiger charge is -2.17. The van der Waals surface area contributed by atoms with Crippen LogP contribution in [0.25, 0.3) is 0 Å². The van der Waals surface area contributed by atoms with Gasteiger partial charge in [-0.15, -0.1) is 0 Å². The van der Waals surface area contributed by atoms with Gasteiger partial charge in [0.05, 0.1) is 4.90 Å². The molecule has 0 aliphatic carbocycles. The molecule has 6 heteroatoms. The number of hydrogen-bond donors (Lipinski definition) is 1. The third-order valence-corrected chi connectivity index (χ3v) is 5.62. The molecular formula is C12H17ClN2O2S. The van der Waals surface area contributed by atoms with Gasteiger partial charge in [-0.2, -0.15) is 4.31 Å². The van der Waals surface area contributed by atoms with E-state index in [0.717, 1.165) is 6.42 Å².